The highest BCUT2D eigenvalue weighted by Crippen LogP contribution is 2.23. The van der Waals surface area contributed by atoms with Crippen LogP contribution in [-0.2, 0) is 4.79 Å². The van der Waals surface area contributed by atoms with Crippen LogP contribution in [0, 0.1) is 5.82 Å². The van der Waals surface area contributed by atoms with E-state index < -0.39 is 0 Å². The summed E-state index contributed by atoms with van der Waals surface area (Å²) in [7, 11) is 0. The molecule has 0 aromatic heterocycles. The van der Waals surface area contributed by atoms with Crippen LogP contribution in [0.25, 0.3) is 0 Å². The lowest BCUT2D eigenvalue weighted by atomic mass is 10.1. The van der Waals surface area contributed by atoms with E-state index in [1.54, 1.807) is 12.1 Å². The normalized spacial score (nSPS) is 20.1. The minimum Gasteiger partial charge on any atom is -0.339 e. The van der Waals surface area contributed by atoms with Crippen LogP contribution in [0.4, 0.5) is 4.39 Å². The van der Waals surface area contributed by atoms with Gasteiger partial charge in [0, 0.05) is 24.0 Å². The van der Waals surface area contributed by atoms with Crippen molar-refractivity contribution >= 4 is 17.7 Å². The summed E-state index contributed by atoms with van der Waals surface area (Å²) < 4.78 is 12.8. The van der Waals surface area contributed by atoms with Gasteiger partial charge in [0.1, 0.15) is 5.82 Å². The van der Waals surface area contributed by atoms with E-state index in [0.29, 0.717) is 11.8 Å². The predicted molar refractivity (Wildman–Crippen MR) is 78.3 cm³/mol. The van der Waals surface area contributed by atoms with E-state index in [2.05, 4.69) is 4.90 Å². The number of benzene rings is 1. The van der Waals surface area contributed by atoms with Gasteiger partial charge >= 0.3 is 0 Å². The lowest BCUT2D eigenvalue weighted by molar-refractivity contribution is -0.135. The predicted octanol–water partition coefficient (Wildman–Crippen LogP) is 2.22. The molecule has 20 heavy (non-hydrogen) atoms. The SMILES string of the molecule is O=C(CSc1ccc(F)cc1)N1CC(N2CCCC2)C1. The molecule has 108 valence electrons. The molecule has 0 N–H and O–H groups in total. The molecule has 0 bridgehead atoms. The average Bonchev–Trinajstić information content (AvgIpc) is 2.90. The highest BCUT2D eigenvalue weighted by molar-refractivity contribution is 8.00. The maximum atomic E-state index is 12.8. The Hall–Kier alpha value is -1.07. The summed E-state index contributed by atoms with van der Waals surface area (Å²) in [6.45, 7) is 4.14. The summed E-state index contributed by atoms with van der Waals surface area (Å²) in [6, 6.07) is 6.88. The number of thioether (sulfide) groups is 1. The molecular weight excluding hydrogens is 275 g/mol. The largest absolute Gasteiger partial charge is 0.339 e. The van der Waals surface area contributed by atoms with Crippen LogP contribution in [0.2, 0.25) is 0 Å². The number of carbonyl (C=O) groups excluding carboxylic acids is 1. The molecule has 0 unspecified atom stereocenters. The number of rotatable bonds is 4. The van der Waals surface area contributed by atoms with E-state index in [1.165, 1.54) is 49.8 Å². The average molecular weight is 294 g/mol. The Balaban J connectivity index is 1.41. The molecule has 2 aliphatic rings. The molecule has 2 heterocycles. The van der Waals surface area contributed by atoms with Crippen LogP contribution in [0.1, 0.15) is 12.8 Å². The Kier molecular flexibility index (Phi) is 4.27. The molecular formula is C15H19FN2OS. The van der Waals surface area contributed by atoms with E-state index >= 15 is 0 Å². The maximum Gasteiger partial charge on any atom is 0.233 e. The third-order valence-electron chi connectivity index (χ3n) is 4.05. The molecule has 2 fully saturated rings. The van der Waals surface area contributed by atoms with Crippen LogP contribution >= 0.6 is 11.8 Å². The molecule has 0 radical (unpaired) electrons. The fourth-order valence-corrected chi connectivity index (χ4v) is 3.57. The van der Waals surface area contributed by atoms with Gasteiger partial charge in [-0.1, -0.05) is 0 Å². The second-order valence-electron chi connectivity index (χ2n) is 5.44. The lowest BCUT2D eigenvalue weighted by Crippen LogP contribution is -2.60. The highest BCUT2D eigenvalue weighted by atomic mass is 32.2. The summed E-state index contributed by atoms with van der Waals surface area (Å²) in [4.78, 5) is 17.4. The van der Waals surface area contributed by atoms with Crippen molar-refractivity contribution in [3.8, 4) is 0 Å². The number of nitrogens with zero attached hydrogens (tertiary/aromatic N) is 2. The molecule has 1 aromatic rings. The van der Waals surface area contributed by atoms with Gasteiger partial charge in [-0.2, -0.15) is 0 Å². The maximum absolute atomic E-state index is 12.8. The molecule has 0 aliphatic carbocycles. The number of hydrogen-bond donors (Lipinski definition) is 0. The van der Waals surface area contributed by atoms with Crippen LogP contribution in [0.15, 0.2) is 29.2 Å². The minimum absolute atomic E-state index is 0.190. The Bertz CT molecular complexity index is 467. The topological polar surface area (TPSA) is 23.6 Å². The molecule has 0 spiro atoms. The van der Waals surface area contributed by atoms with Crippen molar-refractivity contribution in [1.82, 2.24) is 9.80 Å². The third kappa shape index (κ3) is 3.15. The van der Waals surface area contributed by atoms with Gasteiger partial charge in [0.2, 0.25) is 5.91 Å². The third-order valence-corrected chi connectivity index (χ3v) is 5.04. The van der Waals surface area contributed by atoms with Crippen molar-refractivity contribution in [3.63, 3.8) is 0 Å². The Morgan fingerprint density at radius 1 is 1.20 bits per heavy atom. The van der Waals surface area contributed by atoms with Gasteiger partial charge in [-0.25, -0.2) is 4.39 Å². The Labute approximate surface area is 123 Å². The first-order valence-corrected chi connectivity index (χ1v) is 8.11. The first-order chi connectivity index (χ1) is 9.72. The second-order valence-corrected chi connectivity index (χ2v) is 6.49. The smallest absolute Gasteiger partial charge is 0.233 e. The van der Waals surface area contributed by atoms with Crippen molar-refractivity contribution < 1.29 is 9.18 Å². The molecule has 5 heteroatoms. The van der Waals surface area contributed by atoms with Crippen molar-refractivity contribution in [2.75, 3.05) is 31.9 Å². The summed E-state index contributed by atoms with van der Waals surface area (Å²) in [6.07, 6.45) is 2.59. The van der Waals surface area contributed by atoms with Gasteiger partial charge in [0.05, 0.1) is 5.75 Å². The number of likely N-dealkylation sites (tertiary alicyclic amines) is 2. The van der Waals surface area contributed by atoms with Gasteiger partial charge in [-0.3, -0.25) is 9.69 Å². The fourth-order valence-electron chi connectivity index (χ4n) is 2.76. The zero-order valence-electron chi connectivity index (χ0n) is 11.4. The quantitative estimate of drug-likeness (QED) is 0.796. The van der Waals surface area contributed by atoms with Crippen molar-refractivity contribution in [1.29, 1.82) is 0 Å². The van der Waals surface area contributed by atoms with Crippen molar-refractivity contribution in [2.45, 2.75) is 23.8 Å². The molecule has 2 aliphatic heterocycles. The molecule has 3 nitrogen and oxygen atoms in total. The van der Waals surface area contributed by atoms with Gasteiger partial charge in [0.25, 0.3) is 0 Å². The first-order valence-electron chi connectivity index (χ1n) is 7.12. The lowest BCUT2D eigenvalue weighted by Gasteiger charge is -2.44. The molecule has 0 atom stereocenters. The van der Waals surface area contributed by atoms with Gasteiger partial charge in [-0.05, 0) is 50.2 Å². The van der Waals surface area contributed by atoms with Gasteiger partial charge in [-0.15, -0.1) is 11.8 Å². The Morgan fingerprint density at radius 3 is 2.50 bits per heavy atom. The van der Waals surface area contributed by atoms with Gasteiger partial charge < -0.3 is 4.90 Å². The van der Waals surface area contributed by atoms with Gasteiger partial charge in [0.15, 0.2) is 0 Å². The highest BCUT2D eigenvalue weighted by Gasteiger charge is 2.35. The molecule has 1 aromatic carbocycles. The summed E-state index contributed by atoms with van der Waals surface area (Å²) in [5, 5.41) is 0. The molecule has 2 saturated heterocycles. The monoisotopic (exact) mass is 294 g/mol. The van der Waals surface area contributed by atoms with Crippen LogP contribution in [0.5, 0.6) is 0 Å². The standard InChI is InChI=1S/C15H19FN2OS/c16-12-3-5-14(6-4-12)20-11-15(19)18-9-13(10-18)17-7-1-2-8-17/h3-6,13H,1-2,7-11H2. The number of halogens is 1. The van der Waals surface area contributed by atoms with E-state index in [9.17, 15) is 9.18 Å². The molecule has 1 amide bonds. The summed E-state index contributed by atoms with van der Waals surface area (Å²) >= 11 is 1.48. The van der Waals surface area contributed by atoms with Crippen molar-refractivity contribution in [3.05, 3.63) is 30.1 Å². The van der Waals surface area contributed by atoms with E-state index in [1.807, 2.05) is 4.90 Å². The number of amides is 1. The van der Waals surface area contributed by atoms with E-state index in [4.69, 9.17) is 0 Å². The summed E-state index contributed by atoms with van der Waals surface area (Å²) in [5.41, 5.74) is 0. The van der Waals surface area contributed by atoms with Crippen LogP contribution in [0.3, 0.4) is 0 Å². The van der Waals surface area contributed by atoms with E-state index in [0.717, 1.165) is 18.0 Å². The number of carbonyl (C=O) groups is 1. The zero-order valence-corrected chi connectivity index (χ0v) is 12.2. The first kappa shape index (κ1) is 13.9. The van der Waals surface area contributed by atoms with E-state index in [-0.39, 0.29) is 11.7 Å². The second kappa shape index (κ2) is 6.14. The van der Waals surface area contributed by atoms with Crippen molar-refractivity contribution in [2.24, 2.45) is 0 Å². The summed E-state index contributed by atoms with van der Waals surface area (Å²) in [5.74, 6) is 0.393. The Morgan fingerprint density at radius 2 is 1.85 bits per heavy atom. The van der Waals surface area contributed by atoms with Crippen LogP contribution < -0.4 is 0 Å². The fraction of sp³-hybridized carbons (Fsp3) is 0.533. The molecule has 0 saturated carbocycles. The zero-order chi connectivity index (χ0) is 13.9. The van der Waals surface area contributed by atoms with Crippen LogP contribution in [-0.4, -0.2) is 53.7 Å². The molecule has 3 rings (SSSR count). The number of hydrogen-bond acceptors (Lipinski definition) is 3. The minimum atomic E-state index is -0.239.